The number of rotatable bonds is 4. The summed E-state index contributed by atoms with van der Waals surface area (Å²) in [6, 6.07) is 44.2. The Morgan fingerprint density at radius 3 is 2.10 bits per heavy atom. The summed E-state index contributed by atoms with van der Waals surface area (Å²) in [7, 11) is 0. The van der Waals surface area contributed by atoms with Crippen LogP contribution in [0.15, 0.2) is 150 Å². The van der Waals surface area contributed by atoms with Gasteiger partial charge in [-0.05, 0) is 84.5 Å². The molecule has 234 valence electrons. The molecule has 2 aliphatic rings. The zero-order chi connectivity index (χ0) is 33.8. The standard InChI is InChI=1S/C45H29N5/c46-26-29-20-23-43-39(24-29)36-14-4-6-16-40(36)49(43)32-22-21-30(27-47)38(25-32)34-12-2-1-11-33(34)35-13-3-7-17-41(35)50-42-18-8-5-15-37(42)45-31(28-48)10-9-19-44(45)50/h3-21,23-25,32H,1-2,22H2. The van der Waals surface area contributed by atoms with Crippen LogP contribution in [0.5, 0.6) is 0 Å². The lowest BCUT2D eigenvalue weighted by Gasteiger charge is -2.27. The number of nitrogens with zero attached hydrogens (tertiary/aromatic N) is 5. The summed E-state index contributed by atoms with van der Waals surface area (Å²) < 4.78 is 4.64. The first-order valence-corrected chi connectivity index (χ1v) is 16.9. The highest BCUT2D eigenvalue weighted by Crippen LogP contribution is 2.44. The first-order valence-electron chi connectivity index (χ1n) is 16.9. The molecule has 0 radical (unpaired) electrons. The van der Waals surface area contributed by atoms with E-state index < -0.39 is 0 Å². The Hall–Kier alpha value is -6.87. The molecule has 9 rings (SSSR count). The molecule has 0 amide bonds. The van der Waals surface area contributed by atoms with E-state index in [1.807, 2.05) is 42.5 Å². The molecule has 0 N–H and O–H groups in total. The third kappa shape index (κ3) is 4.37. The lowest BCUT2D eigenvalue weighted by molar-refractivity contribution is 0.642. The van der Waals surface area contributed by atoms with Gasteiger partial charge in [0, 0.05) is 38.1 Å². The minimum atomic E-state index is -0.0292. The molecule has 2 aliphatic carbocycles. The second-order valence-corrected chi connectivity index (χ2v) is 12.8. The van der Waals surface area contributed by atoms with Gasteiger partial charge < -0.3 is 9.13 Å². The number of aromatic nitrogens is 2. The summed E-state index contributed by atoms with van der Waals surface area (Å²) in [5.74, 6) is 0. The van der Waals surface area contributed by atoms with Crippen LogP contribution in [0.3, 0.4) is 0 Å². The molecule has 1 unspecified atom stereocenters. The molecule has 7 aromatic rings. The summed E-state index contributed by atoms with van der Waals surface area (Å²) in [6.07, 6.45) is 11.4. The van der Waals surface area contributed by atoms with Gasteiger partial charge in [-0.2, -0.15) is 15.8 Å². The number of fused-ring (bicyclic) bond motifs is 6. The first-order chi connectivity index (χ1) is 24.7. The molecule has 0 bridgehead atoms. The van der Waals surface area contributed by atoms with Crippen molar-refractivity contribution >= 4 is 49.2 Å². The van der Waals surface area contributed by atoms with E-state index in [1.165, 1.54) is 0 Å². The van der Waals surface area contributed by atoms with E-state index >= 15 is 0 Å². The van der Waals surface area contributed by atoms with Crippen molar-refractivity contribution in [1.82, 2.24) is 9.13 Å². The van der Waals surface area contributed by atoms with Gasteiger partial charge in [-0.1, -0.05) is 85.0 Å². The Kier molecular flexibility index (Phi) is 6.84. The van der Waals surface area contributed by atoms with Crippen LogP contribution in [0.1, 0.15) is 42.0 Å². The first kappa shape index (κ1) is 29.3. The van der Waals surface area contributed by atoms with Crippen LogP contribution in [0, 0.1) is 34.0 Å². The van der Waals surface area contributed by atoms with Gasteiger partial charge in [0.25, 0.3) is 0 Å². The van der Waals surface area contributed by atoms with Gasteiger partial charge in [-0.15, -0.1) is 0 Å². The number of hydrogen-bond acceptors (Lipinski definition) is 3. The highest BCUT2D eigenvalue weighted by atomic mass is 15.0. The topological polar surface area (TPSA) is 81.2 Å². The monoisotopic (exact) mass is 639 g/mol. The molecular formula is C45H29N5. The van der Waals surface area contributed by atoms with E-state index in [1.54, 1.807) is 0 Å². The molecule has 1 atom stereocenters. The lowest BCUT2D eigenvalue weighted by atomic mass is 9.81. The molecule has 0 spiro atoms. The molecule has 0 saturated carbocycles. The van der Waals surface area contributed by atoms with E-state index in [-0.39, 0.29) is 6.04 Å². The fourth-order valence-electron chi connectivity index (χ4n) is 8.10. The van der Waals surface area contributed by atoms with Crippen molar-refractivity contribution in [2.45, 2.75) is 25.3 Å². The summed E-state index contributed by atoms with van der Waals surface area (Å²) in [5, 5.41) is 34.4. The number of benzene rings is 5. The summed E-state index contributed by atoms with van der Waals surface area (Å²) in [4.78, 5) is 0. The van der Waals surface area contributed by atoms with Crippen LogP contribution in [-0.4, -0.2) is 9.13 Å². The molecule has 2 aromatic heterocycles. The molecular weight excluding hydrogens is 611 g/mol. The van der Waals surface area contributed by atoms with Gasteiger partial charge in [-0.3, -0.25) is 0 Å². The molecule has 0 saturated heterocycles. The SMILES string of the molecule is N#CC1=CCC(n2c3ccccc3c3cc(C#N)ccc32)C=C1C1=CCCC=C1c1ccccc1-n1c2ccccc2c2c(C#N)cccc21. The molecule has 0 aliphatic heterocycles. The van der Waals surface area contributed by atoms with Gasteiger partial charge in [0.15, 0.2) is 0 Å². The van der Waals surface area contributed by atoms with Crippen LogP contribution in [0.2, 0.25) is 0 Å². The van der Waals surface area contributed by atoms with E-state index in [9.17, 15) is 15.8 Å². The number of para-hydroxylation sites is 3. The third-order valence-electron chi connectivity index (χ3n) is 10.2. The maximum atomic E-state index is 10.5. The normalized spacial score (nSPS) is 16.0. The van der Waals surface area contributed by atoms with Crippen molar-refractivity contribution in [2.75, 3.05) is 0 Å². The van der Waals surface area contributed by atoms with Gasteiger partial charge in [0.2, 0.25) is 0 Å². The van der Waals surface area contributed by atoms with Crippen molar-refractivity contribution in [3.63, 3.8) is 0 Å². The van der Waals surface area contributed by atoms with Crippen LogP contribution in [-0.2, 0) is 0 Å². The van der Waals surface area contributed by atoms with Crippen LogP contribution in [0.25, 0.3) is 54.9 Å². The predicted molar refractivity (Wildman–Crippen MR) is 200 cm³/mol. The fraction of sp³-hybridized carbons (Fsp3) is 0.0889. The minimum Gasteiger partial charge on any atom is -0.333 e. The number of allylic oxidation sites excluding steroid dienone is 8. The highest BCUT2D eigenvalue weighted by molar-refractivity contribution is 6.12. The van der Waals surface area contributed by atoms with Crippen LogP contribution >= 0.6 is 0 Å². The summed E-state index contributed by atoms with van der Waals surface area (Å²) in [6.45, 7) is 0. The molecule has 0 fully saturated rings. The molecule has 50 heavy (non-hydrogen) atoms. The summed E-state index contributed by atoms with van der Waals surface area (Å²) >= 11 is 0. The van der Waals surface area contributed by atoms with Gasteiger partial charge in [0.05, 0.1) is 57.7 Å². The zero-order valence-corrected chi connectivity index (χ0v) is 27.1. The highest BCUT2D eigenvalue weighted by Gasteiger charge is 2.27. The average molecular weight is 640 g/mol. The van der Waals surface area contributed by atoms with Crippen LogP contribution < -0.4 is 0 Å². The van der Waals surface area contributed by atoms with E-state index in [0.29, 0.717) is 23.1 Å². The second kappa shape index (κ2) is 11.7. The van der Waals surface area contributed by atoms with Crippen molar-refractivity contribution in [2.24, 2.45) is 0 Å². The Morgan fingerprint density at radius 2 is 1.28 bits per heavy atom. The third-order valence-corrected chi connectivity index (χ3v) is 10.2. The Balaban J connectivity index is 1.23. The minimum absolute atomic E-state index is 0.0292. The Bertz CT molecular complexity index is 2830. The van der Waals surface area contributed by atoms with Gasteiger partial charge >= 0.3 is 0 Å². The number of nitriles is 3. The van der Waals surface area contributed by atoms with Crippen LogP contribution in [0.4, 0.5) is 0 Å². The molecule has 5 heteroatoms. The second-order valence-electron chi connectivity index (χ2n) is 12.8. The van der Waals surface area contributed by atoms with Crippen molar-refractivity contribution in [3.05, 3.63) is 167 Å². The Labute approximate surface area is 289 Å². The lowest BCUT2D eigenvalue weighted by Crippen LogP contribution is -2.13. The van der Waals surface area contributed by atoms with E-state index in [0.717, 1.165) is 84.4 Å². The van der Waals surface area contributed by atoms with Crippen molar-refractivity contribution in [3.8, 4) is 23.9 Å². The molecule has 2 heterocycles. The fourth-order valence-corrected chi connectivity index (χ4v) is 8.10. The van der Waals surface area contributed by atoms with Crippen molar-refractivity contribution in [1.29, 1.82) is 15.8 Å². The molecule has 5 nitrogen and oxygen atoms in total. The van der Waals surface area contributed by atoms with Crippen molar-refractivity contribution < 1.29 is 0 Å². The van der Waals surface area contributed by atoms with E-state index in [2.05, 4.69) is 118 Å². The smallest absolute Gasteiger partial charge is 0.0998 e. The predicted octanol–water partition coefficient (Wildman–Crippen LogP) is 10.8. The van der Waals surface area contributed by atoms with E-state index in [4.69, 9.17) is 0 Å². The van der Waals surface area contributed by atoms with Gasteiger partial charge in [-0.25, -0.2) is 0 Å². The molecule has 5 aromatic carbocycles. The van der Waals surface area contributed by atoms with Gasteiger partial charge in [0.1, 0.15) is 0 Å². The quantitative estimate of drug-likeness (QED) is 0.192. The maximum Gasteiger partial charge on any atom is 0.0998 e. The maximum absolute atomic E-state index is 10.5. The Morgan fingerprint density at radius 1 is 0.560 bits per heavy atom. The average Bonchev–Trinajstić information content (AvgIpc) is 3.70. The largest absolute Gasteiger partial charge is 0.333 e. The zero-order valence-electron chi connectivity index (χ0n) is 27.1. The number of hydrogen-bond donors (Lipinski definition) is 0. The summed E-state index contributed by atoms with van der Waals surface area (Å²) in [5.41, 5.74) is 11.4.